The second-order valence-corrected chi connectivity index (χ2v) is 7.70. The van der Waals surface area contributed by atoms with Crippen LogP contribution in [0.4, 0.5) is 17.5 Å². The molecule has 9 heteroatoms. The zero-order valence-electron chi connectivity index (χ0n) is 16.7. The summed E-state index contributed by atoms with van der Waals surface area (Å²) in [6, 6.07) is 5.89. The Morgan fingerprint density at radius 2 is 1.79 bits per heavy atom. The Bertz CT molecular complexity index is 1050. The van der Waals surface area contributed by atoms with E-state index in [-0.39, 0.29) is 5.91 Å². The first-order valence-electron chi connectivity index (χ1n) is 9.87. The summed E-state index contributed by atoms with van der Waals surface area (Å²) in [6.45, 7) is 5.56. The minimum atomic E-state index is 0.0184. The van der Waals surface area contributed by atoms with E-state index in [1.54, 1.807) is 11.1 Å². The molecule has 29 heavy (non-hydrogen) atoms. The van der Waals surface area contributed by atoms with E-state index < -0.39 is 0 Å². The van der Waals surface area contributed by atoms with Crippen LogP contribution in [0.1, 0.15) is 10.5 Å². The molecule has 2 aliphatic rings. The van der Waals surface area contributed by atoms with Gasteiger partial charge in [-0.3, -0.25) is 4.79 Å². The first-order chi connectivity index (χ1) is 14.1. The lowest BCUT2D eigenvalue weighted by molar-refractivity contribution is 0.0751. The quantitative estimate of drug-likeness (QED) is 0.722. The molecule has 0 atom stereocenters. The van der Waals surface area contributed by atoms with Crippen LogP contribution in [0.5, 0.6) is 0 Å². The van der Waals surface area contributed by atoms with Gasteiger partial charge in [0.25, 0.3) is 5.91 Å². The van der Waals surface area contributed by atoms with Gasteiger partial charge in [-0.25, -0.2) is 9.97 Å². The van der Waals surface area contributed by atoms with E-state index in [4.69, 9.17) is 0 Å². The second kappa shape index (κ2) is 7.00. The van der Waals surface area contributed by atoms with E-state index in [0.717, 1.165) is 49.4 Å². The van der Waals surface area contributed by atoms with Crippen molar-refractivity contribution < 1.29 is 4.79 Å². The van der Waals surface area contributed by atoms with Crippen molar-refractivity contribution in [2.45, 2.75) is 6.54 Å². The van der Waals surface area contributed by atoms with Crippen LogP contribution < -0.4 is 10.2 Å². The standard InChI is InChI=1S/C20H24N8O/c1-25-5-8-27(9-6-25)15-3-4-17(21-13-15)23-20-22-12-14-11-16-19(29)26(2)7-10-28(16)18(14)24-20/h3-4,11-13H,5-10H2,1-2H3,(H,21,22,23,24). The predicted octanol–water partition coefficient (Wildman–Crippen LogP) is 1.41. The number of amides is 1. The van der Waals surface area contributed by atoms with Crippen molar-refractivity contribution in [2.75, 3.05) is 57.0 Å². The van der Waals surface area contributed by atoms with Gasteiger partial charge in [0.2, 0.25) is 5.95 Å². The molecule has 0 unspecified atom stereocenters. The first kappa shape index (κ1) is 17.9. The minimum absolute atomic E-state index is 0.0184. The number of anilines is 3. The Hall–Kier alpha value is -3.20. The maximum atomic E-state index is 12.4. The van der Waals surface area contributed by atoms with Gasteiger partial charge in [0.15, 0.2) is 0 Å². The van der Waals surface area contributed by atoms with E-state index in [1.165, 1.54) is 0 Å². The third kappa shape index (κ3) is 3.27. The highest BCUT2D eigenvalue weighted by atomic mass is 16.2. The summed E-state index contributed by atoms with van der Waals surface area (Å²) in [4.78, 5) is 32.3. The largest absolute Gasteiger partial charge is 0.368 e. The molecule has 0 saturated carbocycles. The number of carbonyl (C=O) groups excluding carboxylic acids is 1. The van der Waals surface area contributed by atoms with Crippen LogP contribution in [0.25, 0.3) is 11.0 Å². The summed E-state index contributed by atoms with van der Waals surface area (Å²) in [6.07, 6.45) is 3.64. The van der Waals surface area contributed by atoms with Crippen LogP contribution in [-0.2, 0) is 6.54 Å². The van der Waals surface area contributed by atoms with Crippen molar-refractivity contribution in [3.63, 3.8) is 0 Å². The van der Waals surface area contributed by atoms with E-state index >= 15 is 0 Å². The molecule has 9 nitrogen and oxygen atoms in total. The highest BCUT2D eigenvalue weighted by Gasteiger charge is 2.24. The molecule has 1 saturated heterocycles. The van der Waals surface area contributed by atoms with E-state index in [0.29, 0.717) is 24.0 Å². The van der Waals surface area contributed by atoms with E-state index in [2.05, 4.69) is 43.2 Å². The Morgan fingerprint density at radius 3 is 2.55 bits per heavy atom. The van der Waals surface area contributed by atoms with Crippen LogP contribution in [0.3, 0.4) is 0 Å². The molecule has 1 fully saturated rings. The Morgan fingerprint density at radius 1 is 0.966 bits per heavy atom. The molecule has 0 aliphatic carbocycles. The third-order valence-electron chi connectivity index (χ3n) is 5.72. The molecule has 1 amide bonds. The molecule has 2 aliphatic heterocycles. The fourth-order valence-electron chi connectivity index (χ4n) is 3.88. The number of fused-ring (bicyclic) bond motifs is 3. The number of likely N-dealkylation sites (N-methyl/N-ethyl adjacent to an activating group) is 2. The van der Waals surface area contributed by atoms with Crippen LogP contribution in [0.15, 0.2) is 30.6 Å². The van der Waals surface area contributed by atoms with Gasteiger partial charge in [-0.2, -0.15) is 4.98 Å². The van der Waals surface area contributed by atoms with Gasteiger partial charge in [0.05, 0.1) is 11.9 Å². The van der Waals surface area contributed by atoms with E-state index in [1.807, 2.05) is 29.9 Å². The molecular weight excluding hydrogens is 368 g/mol. The summed E-state index contributed by atoms with van der Waals surface area (Å²) in [5, 5.41) is 4.05. The summed E-state index contributed by atoms with van der Waals surface area (Å²) < 4.78 is 1.97. The third-order valence-corrected chi connectivity index (χ3v) is 5.72. The molecule has 0 radical (unpaired) electrons. The van der Waals surface area contributed by atoms with Gasteiger partial charge in [-0.1, -0.05) is 0 Å². The number of nitrogens with zero attached hydrogens (tertiary/aromatic N) is 7. The fourth-order valence-corrected chi connectivity index (χ4v) is 3.88. The number of nitrogens with one attached hydrogen (secondary N) is 1. The summed E-state index contributed by atoms with van der Waals surface area (Å²) in [5.41, 5.74) is 2.56. The molecular formula is C20H24N8O. The lowest BCUT2D eigenvalue weighted by Gasteiger charge is -2.33. The maximum absolute atomic E-state index is 12.4. The van der Waals surface area contributed by atoms with Crippen LogP contribution in [-0.4, -0.2) is 82.0 Å². The highest BCUT2D eigenvalue weighted by Crippen LogP contribution is 2.24. The van der Waals surface area contributed by atoms with Gasteiger partial charge in [-0.05, 0) is 25.2 Å². The molecule has 1 N–H and O–H groups in total. The number of hydrogen-bond donors (Lipinski definition) is 1. The second-order valence-electron chi connectivity index (χ2n) is 7.70. The highest BCUT2D eigenvalue weighted by molar-refractivity contribution is 5.98. The zero-order valence-corrected chi connectivity index (χ0v) is 16.7. The Kier molecular flexibility index (Phi) is 4.31. The SMILES string of the molecule is CN1CCN(c2ccc(Nc3ncc4cc5n(c4n3)CCN(C)C5=O)nc2)CC1. The van der Waals surface area contributed by atoms with Gasteiger partial charge in [-0.15, -0.1) is 0 Å². The monoisotopic (exact) mass is 392 g/mol. The summed E-state index contributed by atoms with van der Waals surface area (Å²) in [7, 11) is 3.97. The van der Waals surface area contributed by atoms with Gasteiger partial charge in [0, 0.05) is 57.9 Å². The molecule has 5 rings (SSSR count). The normalized spacial score (nSPS) is 17.7. The Labute approximate surface area is 169 Å². The van der Waals surface area contributed by atoms with E-state index in [9.17, 15) is 4.79 Å². The number of pyridine rings is 1. The number of rotatable bonds is 3. The smallest absolute Gasteiger partial charge is 0.270 e. The predicted molar refractivity (Wildman–Crippen MR) is 112 cm³/mol. The van der Waals surface area contributed by atoms with Crippen molar-refractivity contribution in [2.24, 2.45) is 0 Å². The van der Waals surface area contributed by atoms with Crippen molar-refractivity contribution >= 4 is 34.4 Å². The van der Waals surface area contributed by atoms with Gasteiger partial charge < -0.3 is 24.6 Å². The van der Waals surface area contributed by atoms with Crippen molar-refractivity contribution in [3.05, 3.63) is 36.3 Å². The van der Waals surface area contributed by atoms with Crippen molar-refractivity contribution in [1.82, 2.24) is 29.3 Å². The molecule has 0 aromatic carbocycles. The number of carbonyl (C=O) groups is 1. The summed E-state index contributed by atoms with van der Waals surface area (Å²) >= 11 is 0. The molecule has 0 bridgehead atoms. The molecule has 3 aromatic rings. The van der Waals surface area contributed by atoms with Crippen LogP contribution in [0, 0.1) is 0 Å². The van der Waals surface area contributed by atoms with Gasteiger partial charge >= 0.3 is 0 Å². The maximum Gasteiger partial charge on any atom is 0.270 e. The zero-order chi connectivity index (χ0) is 20.0. The summed E-state index contributed by atoms with van der Waals surface area (Å²) in [5.74, 6) is 1.19. The number of hydrogen-bond acceptors (Lipinski definition) is 7. The Balaban J connectivity index is 1.36. The fraction of sp³-hybridized carbons (Fsp3) is 0.400. The number of aromatic nitrogens is 4. The molecule has 3 aromatic heterocycles. The lowest BCUT2D eigenvalue weighted by Crippen LogP contribution is -2.44. The lowest BCUT2D eigenvalue weighted by atomic mass is 10.3. The number of piperazine rings is 1. The molecule has 5 heterocycles. The first-order valence-corrected chi connectivity index (χ1v) is 9.87. The van der Waals surface area contributed by atoms with Crippen LogP contribution >= 0.6 is 0 Å². The van der Waals surface area contributed by atoms with Crippen molar-refractivity contribution in [1.29, 1.82) is 0 Å². The molecule has 0 spiro atoms. The van der Waals surface area contributed by atoms with Crippen molar-refractivity contribution in [3.8, 4) is 0 Å². The van der Waals surface area contributed by atoms with Gasteiger partial charge in [0.1, 0.15) is 17.2 Å². The average molecular weight is 392 g/mol. The van der Waals surface area contributed by atoms with Crippen LogP contribution in [0.2, 0.25) is 0 Å². The average Bonchev–Trinajstić information content (AvgIpc) is 3.11. The molecule has 150 valence electrons. The minimum Gasteiger partial charge on any atom is -0.368 e. The topological polar surface area (TPSA) is 82.4 Å².